The third-order valence-electron chi connectivity index (χ3n) is 12.4. The van der Waals surface area contributed by atoms with Gasteiger partial charge in [-0.2, -0.15) is 0 Å². The van der Waals surface area contributed by atoms with Crippen LogP contribution in [-0.4, -0.2) is 46.9 Å². The lowest BCUT2D eigenvalue weighted by atomic mass is 10.0. The van der Waals surface area contributed by atoms with Gasteiger partial charge in [0.1, 0.15) is 6.10 Å². The first-order valence-corrected chi connectivity index (χ1v) is 26.3. The van der Waals surface area contributed by atoms with E-state index in [1.165, 1.54) is 212 Å². The number of nitrogens with one attached hydrogen (secondary N) is 1. The summed E-state index contributed by atoms with van der Waals surface area (Å²) in [6.45, 7) is 6.49. The first-order chi connectivity index (χ1) is 28.5. The summed E-state index contributed by atoms with van der Waals surface area (Å²) in [4.78, 5) is 26.0. The number of carbonyl (C=O) groups excluding carboxylic acids is 2. The van der Waals surface area contributed by atoms with Crippen LogP contribution in [-0.2, 0) is 14.3 Å². The van der Waals surface area contributed by atoms with Crippen LogP contribution in [0.1, 0.15) is 297 Å². The zero-order chi connectivity index (χ0) is 42.4. The molecule has 3 atom stereocenters. The average Bonchev–Trinajstić information content (AvgIpc) is 3.22. The molecule has 0 rings (SSSR count). The molecule has 0 aliphatic rings. The second kappa shape index (κ2) is 46.9. The molecular formula is C52H103NO5. The molecule has 346 valence electrons. The molecule has 0 aliphatic carbocycles. The highest BCUT2D eigenvalue weighted by molar-refractivity contribution is 5.77. The molecule has 1 amide bonds. The standard InChI is InChI=1S/C52H103NO5/c1-4-7-10-13-16-19-21-23-24-25-26-27-28-29-31-33-36-39-42-45-52(57)58-48(43-40-37-34-18-15-12-9-6-3)46-51(56)53-49(47-54)50(55)44-41-38-35-32-30-22-20-17-14-11-8-5-2/h48-50,54-55H,4-47H2,1-3H3,(H,53,56). The Labute approximate surface area is 362 Å². The maximum atomic E-state index is 13.1. The van der Waals surface area contributed by atoms with E-state index >= 15 is 0 Å². The molecule has 6 heteroatoms. The van der Waals surface area contributed by atoms with Gasteiger partial charge in [-0.1, -0.05) is 258 Å². The van der Waals surface area contributed by atoms with Crippen molar-refractivity contribution in [2.75, 3.05) is 6.61 Å². The van der Waals surface area contributed by atoms with Gasteiger partial charge >= 0.3 is 5.97 Å². The number of aliphatic hydroxyl groups is 2. The quantitative estimate of drug-likeness (QED) is 0.0420. The van der Waals surface area contributed by atoms with Crippen LogP contribution in [0, 0.1) is 0 Å². The molecule has 0 aromatic rings. The maximum absolute atomic E-state index is 13.1. The highest BCUT2D eigenvalue weighted by Crippen LogP contribution is 2.19. The molecular weight excluding hydrogens is 719 g/mol. The Balaban J connectivity index is 4.31. The summed E-state index contributed by atoms with van der Waals surface area (Å²) in [5.74, 6) is -0.455. The van der Waals surface area contributed by atoms with E-state index in [2.05, 4.69) is 26.1 Å². The van der Waals surface area contributed by atoms with E-state index in [0.717, 1.165) is 38.5 Å². The number of hydrogen-bond acceptors (Lipinski definition) is 5. The molecule has 3 N–H and O–H groups in total. The Morgan fingerprint density at radius 1 is 0.431 bits per heavy atom. The number of unbranched alkanes of at least 4 members (excludes halogenated alkanes) is 36. The molecule has 0 aromatic heterocycles. The Bertz CT molecular complexity index is 837. The molecule has 0 aromatic carbocycles. The molecule has 0 fully saturated rings. The van der Waals surface area contributed by atoms with E-state index in [4.69, 9.17) is 4.74 Å². The summed E-state index contributed by atoms with van der Waals surface area (Å²) >= 11 is 0. The largest absolute Gasteiger partial charge is 0.462 e. The lowest BCUT2D eigenvalue weighted by Crippen LogP contribution is -2.46. The maximum Gasteiger partial charge on any atom is 0.306 e. The predicted octanol–water partition coefficient (Wildman–Crippen LogP) is 15.6. The minimum absolute atomic E-state index is 0.0866. The van der Waals surface area contributed by atoms with Crippen LogP contribution in [0.3, 0.4) is 0 Å². The summed E-state index contributed by atoms with van der Waals surface area (Å²) in [6.07, 6.45) is 50.3. The van der Waals surface area contributed by atoms with Crippen LogP contribution in [0.4, 0.5) is 0 Å². The van der Waals surface area contributed by atoms with Gasteiger partial charge in [-0.05, 0) is 25.7 Å². The van der Waals surface area contributed by atoms with Crippen molar-refractivity contribution in [2.45, 2.75) is 315 Å². The molecule has 0 saturated carbocycles. The fraction of sp³-hybridized carbons (Fsp3) is 0.962. The van der Waals surface area contributed by atoms with Crippen molar-refractivity contribution in [1.82, 2.24) is 5.32 Å². The summed E-state index contributed by atoms with van der Waals surface area (Å²) in [6, 6.07) is -0.691. The van der Waals surface area contributed by atoms with Crippen LogP contribution in [0.2, 0.25) is 0 Å². The SMILES string of the molecule is CCCCCCCCCCCCCCCCCCCCCC(=O)OC(CCCCCCCCCC)CC(=O)NC(CO)C(O)CCCCCCCCCCCCCC. The van der Waals surface area contributed by atoms with Crippen LogP contribution in [0.15, 0.2) is 0 Å². The van der Waals surface area contributed by atoms with Gasteiger partial charge in [-0.25, -0.2) is 0 Å². The number of aliphatic hydroxyl groups excluding tert-OH is 2. The summed E-state index contributed by atoms with van der Waals surface area (Å²) < 4.78 is 5.92. The van der Waals surface area contributed by atoms with Gasteiger partial charge in [-0.3, -0.25) is 9.59 Å². The van der Waals surface area contributed by atoms with Gasteiger partial charge in [0, 0.05) is 6.42 Å². The number of carbonyl (C=O) groups is 2. The van der Waals surface area contributed by atoms with Crippen LogP contribution < -0.4 is 5.32 Å². The first kappa shape index (κ1) is 56.9. The van der Waals surface area contributed by atoms with E-state index in [9.17, 15) is 19.8 Å². The summed E-state index contributed by atoms with van der Waals surface area (Å²) in [7, 11) is 0. The summed E-state index contributed by atoms with van der Waals surface area (Å²) in [5, 5.41) is 23.7. The fourth-order valence-electron chi connectivity index (χ4n) is 8.43. The molecule has 0 spiro atoms. The van der Waals surface area contributed by atoms with Crippen molar-refractivity contribution in [3.63, 3.8) is 0 Å². The van der Waals surface area contributed by atoms with E-state index in [1.54, 1.807) is 0 Å². The molecule has 0 bridgehead atoms. The topological polar surface area (TPSA) is 95.9 Å². The number of esters is 1. The van der Waals surface area contributed by atoms with E-state index in [1.807, 2.05) is 0 Å². The number of ether oxygens (including phenoxy) is 1. The predicted molar refractivity (Wildman–Crippen MR) is 250 cm³/mol. The van der Waals surface area contributed by atoms with E-state index < -0.39 is 18.2 Å². The van der Waals surface area contributed by atoms with Crippen molar-refractivity contribution in [3.05, 3.63) is 0 Å². The fourth-order valence-corrected chi connectivity index (χ4v) is 8.43. The lowest BCUT2D eigenvalue weighted by Gasteiger charge is -2.24. The van der Waals surface area contributed by atoms with E-state index in [-0.39, 0.29) is 24.9 Å². The second-order valence-corrected chi connectivity index (χ2v) is 18.3. The second-order valence-electron chi connectivity index (χ2n) is 18.3. The molecule has 58 heavy (non-hydrogen) atoms. The number of amides is 1. The molecule has 6 nitrogen and oxygen atoms in total. The number of hydrogen-bond donors (Lipinski definition) is 3. The molecule has 3 unspecified atom stereocenters. The summed E-state index contributed by atoms with van der Waals surface area (Å²) in [5.41, 5.74) is 0. The van der Waals surface area contributed by atoms with Crippen LogP contribution >= 0.6 is 0 Å². The highest BCUT2D eigenvalue weighted by atomic mass is 16.5. The first-order valence-electron chi connectivity index (χ1n) is 26.3. The van der Waals surface area contributed by atoms with Crippen molar-refractivity contribution < 1.29 is 24.5 Å². The van der Waals surface area contributed by atoms with Crippen LogP contribution in [0.25, 0.3) is 0 Å². The third kappa shape index (κ3) is 41.6. The Hall–Kier alpha value is -1.14. The van der Waals surface area contributed by atoms with Gasteiger partial charge in [0.25, 0.3) is 0 Å². The zero-order valence-corrected chi connectivity index (χ0v) is 39.5. The highest BCUT2D eigenvalue weighted by Gasteiger charge is 2.24. The zero-order valence-electron chi connectivity index (χ0n) is 39.5. The van der Waals surface area contributed by atoms with Crippen LogP contribution in [0.5, 0.6) is 0 Å². The molecule has 0 aliphatic heterocycles. The lowest BCUT2D eigenvalue weighted by molar-refractivity contribution is -0.151. The van der Waals surface area contributed by atoms with Crippen molar-refractivity contribution in [2.24, 2.45) is 0 Å². The van der Waals surface area contributed by atoms with E-state index in [0.29, 0.717) is 19.3 Å². The smallest absolute Gasteiger partial charge is 0.306 e. The Morgan fingerprint density at radius 3 is 1.05 bits per heavy atom. The van der Waals surface area contributed by atoms with Gasteiger partial charge in [0.05, 0.1) is 25.2 Å². The monoisotopic (exact) mass is 822 g/mol. The average molecular weight is 822 g/mol. The Morgan fingerprint density at radius 2 is 0.724 bits per heavy atom. The molecule has 0 saturated heterocycles. The minimum Gasteiger partial charge on any atom is -0.462 e. The van der Waals surface area contributed by atoms with Crippen molar-refractivity contribution >= 4 is 11.9 Å². The molecule has 0 radical (unpaired) electrons. The third-order valence-corrected chi connectivity index (χ3v) is 12.4. The molecule has 0 heterocycles. The normalized spacial score (nSPS) is 13.1. The van der Waals surface area contributed by atoms with Gasteiger partial charge in [0.2, 0.25) is 5.91 Å². The minimum atomic E-state index is -0.778. The van der Waals surface area contributed by atoms with Gasteiger partial charge < -0.3 is 20.3 Å². The van der Waals surface area contributed by atoms with Gasteiger partial charge in [-0.15, -0.1) is 0 Å². The number of rotatable bonds is 48. The van der Waals surface area contributed by atoms with Crippen molar-refractivity contribution in [1.29, 1.82) is 0 Å². The van der Waals surface area contributed by atoms with Gasteiger partial charge in [0.15, 0.2) is 0 Å². The van der Waals surface area contributed by atoms with Crippen molar-refractivity contribution in [3.8, 4) is 0 Å². The Kier molecular flexibility index (Phi) is 46.0.